The summed E-state index contributed by atoms with van der Waals surface area (Å²) in [5.41, 5.74) is 21.6. The number of aromatic nitrogens is 4. The van der Waals surface area contributed by atoms with Crippen LogP contribution in [-0.4, -0.2) is 121 Å². The van der Waals surface area contributed by atoms with Gasteiger partial charge in [0.05, 0.1) is 30.6 Å². The van der Waals surface area contributed by atoms with Crippen LogP contribution in [0.5, 0.6) is 0 Å². The van der Waals surface area contributed by atoms with Crippen LogP contribution in [0.4, 0.5) is 0 Å². The van der Waals surface area contributed by atoms with Gasteiger partial charge in [-0.05, 0) is 49.3 Å². The Morgan fingerprint density at radius 2 is 1.60 bits per heavy atom. The van der Waals surface area contributed by atoms with E-state index >= 15 is 4.79 Å². The third-order valence-electron chi connectivity index (χ3n) is 12.5. The van der Waals surface area contributed by atoms with Crippen molar-refractivity contribution in [3.05, 3.63) is 83.3 Å². The molecule has 2 fully saturated rings. The molecule has 358 valence electrons. The van der Waals surface area contributed by atoms with Gasteiger partial charge in [-0.1, -0.05) is 73.5 Å². The predicted molar refractivity (Wildman–Crippen MR) is 245 cm³/mol. The second-order valence-electron chi connectivity index (χ2n) is 17.6. The van der Waals surface area contributed by atoms with Gasteiger partial charge in [-0.15, -0.1) is 5.10 Å². The Kier molecular flexibility index (Phi) is 16.4. The maximum Gasteiger partial charge on any atom is 0.246 e. The minimum Gasteiger partial charge on any atom is -0.370 e. The van der Waals surface area contributed by atoms with E-state index in [2.05, 4.69) is 41.9 Å². The fourth-order valence-corrected chi connectivity index (χ4v) is 8.41. The van der Waals surface area contributed by atoms with Gasteiger partial charge >= 0.3 is 0 Å². The normalized spacial score (nSPS) is 24.7. The second kappa shape index (κ2) is 22.4. The molecule has 0 aliphatic carbocycles. The van der Waals surface area contributed by atoms with Crippen molar-refractivity contribution < 1.29 is 38.4 Å². The summed E-state index contributed by atoms with van der Waals surface area (Å²) in [6.07, 6.45) is 4.00. The molecule has 0 spiro atoms. The largest absolute Gasteiger partial charge is 0.370 e. The lowest BCUT2D eigenvalue weighted by Gasteiger charge is -2.33. The highest BCUT2D eigenvalue weighted by molar-refractivity contribution is 5.99. The third kappa shape index (κ3) is 12.8. The van der Waals surface area contributed by atoms with Crippen molar-refractivity contribution in [2.45, 2.75) is 121 Å². The van der Waals surface area contributed by atoms with Gasteiger partial charge in [0.1, 0.15) is 30.2 Å². The zero-order valence-electron chi connectivity index (χ0n) is 38.0. The van der Waals surface area contributed by atoms with Crippen molar-refractivity contribution in [3.63, 3.8) is 0 Å². The summed E-state index contributed by atoms with van der Waals surface area (Å²) >= 11 is 0. The first-order chi connectivity index (χ1) is 32.0. The van der Waals surface area contributed by atoms with Crippen molar-refractivity contribution in [1.29, 1.82) is 0 Å². The monoisotopic (exact) mass is 923 g/mol. The van der Waals surface area contributed by atoms with Gasteiger partial charge in [0, 0.05) is 55.6 Å². The molecular weight excluding hydrogens is 863 g/mol. The van der Waals surface area contributed by atoms with Gasteiger partial charge in [-0.2, -0.15) is 0 Å². The van der Waals surface area contributed by atoms with Crippen molar-refractivity contribution >= 4 is 58.2 Å². The molecule has 4 aromatic rings. The number of aryl methyl sites for hydroxylation is 1. The summed E-state index contributed by atoms with van der Waals surface area (Å²) in [5, 5.41) is 23.0. The van der Waals surface area contributed by atoms with Crippen molar-refractivity contribution in [1.82, 2.24) is 51.5 Å². The average Bonchev–Trinajstić information content (AvgIpc) is 4.06. The zero-order valence-corrected chi connectivity index (χ0v) is 38.0. The van der Waals surface area contributed by atoms with E-state index in [4.69, 9.17) is 17.2 Å². The van der Waals surface area contributed by atoms with E-state index in [1.165, 1.54) is 4.90 Å². The number of aromatic amines is 1. The Hall–Kier alpha value is -7.16. The average molecular weight is 924 g/mol. The molecule has 12 N–H and O–H groups in total. The van der Waals surface area contributed by atoms with Crippen LogP contribution in [0.1, 0.15) is 87.2 Å². The number of primary amides is 2. The first-order valence-electron chi connectivity index (χ1n) is 22.6. The predicted octanol–water partition coefficient (Wildman–Crippen LogP) is -0.593. The lowest BCUT2D eigenvalue weighted by atomic mass is 9.96. The zero-order chi connectivity index (χ0) is 48.4. The lowest BCUT2D eigenvalue weighted by Crippen LogP contribution is -2.60. The fourth-order valence-electron chi connectivity index (χ4n) is 8.41. The van der Waals surface area contributed by atoms with Gasteiger partial charge in [0.25, 0.3) is 0 Å². The molecule has 6 rings (SSSR count). The number of nitrogens with zero attached hydrogens (tertiary/aromatic N) is 4. The molecule has 0 bridgehead atoms. The van der Waals surface area contributed by atoms with Gasteiger partial charge in [-0.25, -0.2) is 4.68 Å². The van der Waals surface area contributed by atoms with E-state index in [0.29, 0.717) is 36.9 Å². The molecule has 3 unspecified atom stereocenters. The maximum absolute atomic E-state index is 15.0. The molecular formula is C46H61N13O8. The van der Waals surface area contributed by atoms with Crippen LogP contribution in [0.2, 0.25) is 0 Å². The molecule has 8 amide bonds. The number of fused-ring (bicyclic) bond motifs is 2. The van der Waals surface area contributed by atoms with E-state index in [9.17, 15) is 33.6 Å². The maximum atomic E-state index is 15.0. The van der Waals surface area contributed by atoms with E-state index in [1.807, 2.05) is 55.5 Å². The molecule has 2 aromatic carbocycles. The Morgan fingerprint density at radius 3 is 2.31 bits per heavy atom. The summed E-state index contributed by atoms with van der Waals surface area (Å²) in [6, 6.07) is 6.87. The van der Waals surface area contributed by atoms with Crippen LogP contribution in [0.3, 0.4) is 0 Å². The summed E-state index contributed by atoms with van der Waals surface area (Å²) in [4.78, 5) is 114. The molecule has 0 saturated carbocycles. The minimum atomic E-state index is -1.57. The van der Waals surface area contributed by atoms with Crippen LogP contribution in [0.25, 0.3) is 10.9 Å². The second-order valence-corrected chi connectivity index (χ2v) is 17.6. The Balaban J connectivity index is 1.37. The topological polar surface area (TPSA) is 325 Å². The Labute approximate surface area is 387 Å². The highest BCUT2D eigenvalue weighted by atomic mass is 16.2. The highest BCUT2D eigenvalue weighted by Gasteiger charge is 2.45. The number of carbonyl (C=O) groups excluding carboxylic acids is 8. The number of benzene rings is 2. The number of rotatable bonds is 10. The summed E-state index contributed by atoms with van der Waals surface area (Å²) < 4.78 is 1.60. The van der Waals surface area contributed by atoms with E-state index in [0.717, 1.165) is 22.0 Å². The molecule has 67 heavy (non-hydrogen) atoms. The number of amides is 8. The lowest BCUT2D eigenvalue weighted by molar-refractivity contribution is -0.143. The van der Waals surface area contributed by atoms with Crippen LogP contribution in [-0.2, 0) is 51.2 Å². The van der Waals surface area contributed by atoms with E-state index in [-0.39, 0.29) is 32.4 Å². The van der Waals surface area contributed by atoms with Crippen LogP contribution >= 0.6 is 0 Å². The number of nitrogens with two attached hydrogens (primary N) is 3. The SMILES string of the molecule is CC[C@H](C)[C@@H]1NC(=O)C(CC(N)=O)NC(=O)[C@@H](N)CC(=O)NCCCCC(C(N)=O)NC(=O)[C@H](Cc2c[nH]c3ccccc23)NC(=O)[C@@H]2CC(n3cc(Cc4ccc(C)cc4)nn3)CN2C1=O. The molecule has 2 aliphatic rings. The number of hydrogen-bond acceptors (Lipinski definition) is 11. The Bertz CT molecular complexity index is 2450. The standard InChI is InChI=1S/C46H61N13O8/c1-4-26(3)40-46(67)58-24-30(59-23-29(56-57-59)17-27-14-12-25(2)13-15-27)19-37(58)45(66)54-35(18-28-22-51-33-10-6-5-9-31(28)33)43(64)52-34(41(49)62)11-7-8-16-50-39(61)20-32(47)42(63)53-36(21-38(48)60)44(65)55-40/h5-6,9-10,12-15,22-23,26,30,32,34-37,40,51H,4,7-8,11,16-21,24,47H2,1-3H3,(H2,48,60)(H2,49,62)(H,50,61)(H,52,64)(H,53,63)(H,54,66)(H,55,65)/t26-,30?,32-,34?,35-,36?,37-,40-/m0/s1. The molecule has 0 radical (unpaired) electrons. The van der Waals surface area contributed by atoms with E-state index < -0.39 is 108 Å². The molecule has 21 heteroatoms. The van der Waals surface area contributed by atoms with Crippen LogP contribution in [0, 0.1) is 12.8 Å². The molecule has 8 atom stereocenters. The fraction of sp³-hybridized carbons (Fsp3) is 0.478. The van der Waals surface area contributed by atoms with Crippen LogP contribution in [0.15, 0.2) is 60.9 Å². The number of carbonyl (C=O) groups is 8. The first-order valence-corrected chi connectivity index (χ1v) is 22.6. The van der Waals surface area contributed by atoms with Crippen molar-refractivity contribution in [2.75, 3.05) is 13.1 Å². The molecule has 2 saturated heterocycles. The van der Waals surface area contributed by atoms with Crippen molar-refractivity contribution in [2.24, 2.45) is 23.1 Å². The van der Waals surface area contributed by atoms with Gasteiger partial charge in [0.2, 0.25) is 47.3 Å². The molecule has 2 aromatic heterocycles. The summed E-state index contributed by atoms with van der Waals surface area (Å²) in [5.74, 6) is -6.77. The third-order valence-corrected chi connectivity index (χ3v) is 12.5. The molecule has 4 heterocycles. The quantitative estimate of drug-likeness (QED) is 0.0968. The van der Waals surface area contributed by atoms with Crippen LogP contribution < -0.4 is 43.8 Å². The minimum absolute atomic E-state index is 0.0185. The highest BCUT2D eigenvalue weighted by Crippen LogP contribution is 2.30. The molecule has 21 nitrogen and oxygen atoms in total. The van der Waals surface area contributed by atoms with Gasteiger partial charge in [-0.3, -0.25) is 38.4 Å². The smallest absolute Gasteiger partial charge is 0.246 e. The van der Waals surface area contributed by atoms with E-state index in [1.54, 1.807) is 30.9 Å². The number of hydrogen-bond donors (Lipinski definition) is 9. The number of nitrogens with one attached hydrogen (secondary N) is 6. The molecule has 2 aliphatic heterocycles. The van der Waals surface area contributed by atoms with Crippen molar-refractivity contribution in [3.8, 4) is 0 Å². The Morgan fingerprint density at radius 1 is 0.881 bits per heavy atom. The summed E-state index contributed by atoms with van der Waals surface area (Å²) in [7, 11) is 0. The number of H-pyrrole nitrogens is 1. The first kappa shape index (κ1) is 49.3. The van der Waals surface area contributed by atoms with Gasteiger partial charge in [0.15, 0.2) is 0 Å². The number of para-hydroxylation sites is 1. The summed E-state index contributed by atoms with van der Waals surface area (Å²) in [6.45, 7) is 5.58. The van der Waals surface area contributed by atoms with Gasteiger partial charge < -0.3 is 53.7 Å².